The van der Waals surface area contributed by atoms with Crippen LogP contribution >= 0.6 is 12.2 Å². The molecule has 8 heteroatoms. The van der Waals surface area contributed by atoms with Crippen LogP contribution in [0.3, 0.4) is 0 Å². The van der Waals surface area contributed by atoms with Gasteiger partial charge in [0, 0.05) is 31.1 Å². The van der Waals surface area contributed by atoms with Crippen LogP contribution in [-0.4, -0.2) is 49.3 Å². The summed E-state index contributed by atoms with van der Waals surface area (Å²) in [5.74, 6) is -0.664. The largest absolute Gasteiger partial charge is 0.460 e. The molecule has 1 heterocycles. The molecule has 3 aromatic carbocycles. The van der Waals surface area contributed by atoms with Gasteiger partial charge in [0.25, 0.3) is 5.91 Å². The first-order chi connectivity index (χ1) is 16.9. The fourth-order valence-electron chi connectivity index (χ4n) is 3.98. The number of carbonyl (C=O) groups is 2. The third-order valence-corrected chi connectivity index (χ3v) is 6.38. The molecule has 35 heavy (non-hydrogen) atoms. The lowest BCUT2D eigenvalue weighted by Crippen LogP contribution is -2.46. The first kappa shape index (κ1) is 24.4. The van der Waals surface area contributed by atoms with Crippen LogP contribution in [0.25, 0.3) is 10.8 Å². The zero-order valence-electron chi connectivity index (χ0n) is 19.8. The van der Waals surface area contributed by atoms with Crippen molar-refractivity contribution in [2.24, 2.45) is 0 Å². The van der Waals surface area contributed by atoms with E-state index in [4.69, 9.17) is 21.7 Å². The Morgan fingerprint density at radius 2 is 1.80 bits per heavy atom. The van der Waals surface area contributed by atoms with E-state index in [-0.39, 0.29) is 12.5 Å². The summed E-state index contributed by atoms with van der Waals surface area (Å²) in [7, 11) is 3.34. The molecule has 0 radical (unpaired) electrons. The number of esters is 1. The van der Waals surface area contributed by atoms with Gasteiger partial charge in [-0.2, -0.15) is 0 Å². The number of fused-ring (bicyclic) bond motifs is 1. The Labute approximate surface area is 209 Å². The Balaban J connectivity index is 1.59. The fourth-order valence-corrected chi connectivity index (χ4v) is 4.23. The first-order valence-corrected chi connectivity index (χ1v) is 11.6. The van der Waals surface area contributed by atoms with Gasteiger partial charge >= 0.3 is 5.97 Å². The Morgan fingerprint density at radius 3 is 2.57 bits per heavy atom. The quantitative estimate of drug-likeness (QED) is 0.289. The monoisotopic (exact) mass is 489 g/mol. The van der Waals surface area contributed by atoms with E-state index in [0.29, 0.717) is 34.2 Å². The molecule has 7 nitrogen and oxygen atoms in total. The van der Waals surface area contributed by atoms with Gasteiger partial charge in [-0.25, -0.2) is 4.79 Å². The van der Waals surface area contributed by atoms with E-state index in [1.165, 1.54) is 0 Å². The highest BCUT2D eigenvalue weighted by atomic mass is 32.1. The number of amides is 1. The molecule has 0 bridgehead atoms. The molecule has 1 aliphatic heterocycles. The number of hydrogen-bond donors (Lipinski definition) is 2. The van der Waals surface area contributed by atoms with E-state index in [9.17, 15) is 9.59 Å². The number of benzene rings is 3. The van der Waals surface area contributed by atoms with Gasteiger partial charge in [-0.3, -0.25) is 4.79 Å². The van der Waals surface area contributed by atoms with Crippen molar-refractivity contribution in [3.63, 3.8) is 0 Å². The smallest absolute Gasteiger partial charge is 0.338 e. The van der Waals surface area contributed by atoms with Crippen LogP contribution in [0.1, 0.15) is 28.9 Å². The molecule has 2 N–H and O–H groups in total. The minimum absolute atomic E-state index is 0.148. The predicted molar refractivity (Wildman–Crippen MR) is 140 cm³/mol. The van der Waals surface area contributed by atoms with E-state index in [2.05, 4.69) is 10.6 Å². The van der Waals surface area contributed by atoms with Crippen molar-refractivity contribution in [2.75, 3.05) is 32.7 Å². The number of nitrogens with zero attached hydrogens (tertiary/aromatic N) is 1. The number of rotatable bonds is 7. The van der Waals surface area contributed by atoms with Crippen LogP contribution in [0.15, 0.2) is 78.0 Å². The summed E-state index contributed by atoms with van der Waals surface area (Å²) in [5.41, 5.74) is 3.10. The summed E-state index contributed by atoms with van der Waals surface area (Å²) in [4.78, 5) is 27.7. The predicted octanol–water partition coefficient (Wildman–Crippen LogP) is 4.42. The minimum atomic E-state index is -0.522. The van der Waals surface area contributed by atoms with Gasteiger partial charge in [-0.15, -0.1) is 0 Å². The Kier molecular flexibility index (Phi) is 7.43. The maximum absolute atomic E-state index is 13.0. The zero-order valence-corrected chi connectivity index (χ0v) is 20.6. The van der Waals surface area contributed by atoms with Crippen LogP contribution < -0.4 is 10.6 Å². The molecule has 0 saturated carbocycles. The highest BCUT2D eigenvalue weighted by molar-refractivity contribution is 7.80. The van der Waals surface area contributed by atoms with Crippen molar-refractivity contribution in [1.82, 2.24) is 10.2 Å². The Bertz CT molecular complexity index is 1320. The molecule has 0 saturated heterocycles. The molecule has 0 fully saturated rings. The molecule has 1 aliphatic rings. The molecule has 0 aliphatic carbocycles. The zero-order chi connectivity index (χ0) is 24.9. The molecule has 3 aromatic rings. The standard InChI is InChI=1S/C27H27N3O4S/c1-17-23(26(32)34-14-13-33-3)24(29-27(35)30(17)2)20-9-6-10-22(16-20)28-25(31)21-12-11-18-7-4-5-8-19(18)15-21/h4-12,15-16,24H,13-14H2,1-3H3,(H,28,31)(H,29,35). The van der Waals surface area contributed by atoms with Crippen LogP contribution in [0.5, 0.6) is 0 Å². The van der Waals surface area contributed by atoms with E-state index in [1.807, 2.05) is 67.6 Å². The SMILES string of the molecule is COCCOC(=O)C1=C(C)N(C)C(=S)NC1c1cccc(NC(=O)c2ccc3ccccc3c2)c1. The van der Waals surface area contributed by atoms with E-state index in [0.717, 1.165) is 16.3 Å². The lowest BCUT2D eigenvalue weighted by atomic mass is 9.94. The lowest BCUT2D eigenvalue weighted by Gasteiger charge is -2.35. The van der Waals surface area contributed by atoms with Crippen molar-refractivity contribution < 1.29 is 19.1 Å². The summed E-state index contributed by atoms with van der Waals surface area (Å²) in [5, 5.41) is 8.74. The molecular formula is C27H27N3O4S. The number of anilines is 1. The second-order valence-corrected chi connectivity index (χ2v) is 8.60. The van der Waals surface area contributed by atoms with E-state index >= 15 is 0 Å². The van der Waals surface area contributed by atoms with Crippen molar-refractivity contribution in [1.29, 1.82) is 0 Å². The third-order valence-electron chi connectivity index (χ3n) is 5.98. The van der Waals surface area contributed by atoms with Crippen LogP contribution in [0.4, 0.5) is 5.69 Å². The van der Waals surface area contributed by atoms with Crippen LogP contribution in [0, 0.1) is 0 Å². The number of ether oxygens (including phenoxy) is 2. The fraction of sp³-hybridized carbons (Fsp3) is 0.222. The van der Waals surface area contributed by atoms with Gasteiger partial charge in [0.2, 0.25) is 0 Å². The number of hydrogen-bond acceptors (Lipinski definition) is 5. The maximum atomic E-state index is 13.0. The third kappa shape index (κ3) is 5.34. The molecule has 1 amide bonds. The molecule has 0 aromatic heterocycles. The van der Waals surface area contributed by atoms with Gasteiger partial charge in [-0.05, 0) is 59.7 Å². The Morgan fingerprint density at radius 1 is 1.03 bits per heavy atom. The number of allylic oxidation sites excluding steroid dienone is 1. The van der Waals surface area contributed by atoms with Gasteiger partial charge in [0.1, 0.15) is 6.61 Å². The second-order valence-electron chi connectivity index (χ2n) is 8.21. The highest BCUT2D eigenvalue weighted by Gasteiger charge is 2.33. The summed E-state index contributed by atoms with van der Waals surface area (Å²) in [6, 6.07) is 20.3. The average Bonchev–Trinajstić information content (AvgIpc) is 2.87. The molecule has 0 spiro atoms. The van der Waals surface area contributed by atoms with Gasteiger partial charge in [0.15, 0.2) is 5.11 Å². The van der Waals surface area contributed by atoms with E-state index in [1.54, 1.807) is 25.1 Å². The summed E-state index contributed by atoms with van der Waals surface area (Å²) in [6.07, 6.45) is 0. The number of thiocarbonyl (C=S) groups is 1. The molecule has 1 atom stereocenters. The number of carbonyl (C=O) groups excluding carboxylic acids is 2. The van der Waals surface area contributed by atoms with Crippen molar-refractivity contribution in [3.8, 4) is 0 Å². The van der Waals surface area contributed by atoms with Crippen molar-refractivity contribution >= 4 is 45.7 Å². The Hall–Kier alpha value is -3.75. The van der Waals surface area contributed by atoms with Crippen LogP contribution in [0.2, 0.25) is 0 Å². The van der Waals surface area contributed by atoms with Crippen molar-refractivity contribution in [3.05, 3.63) is 89.1 Å². The van der Waals surface area contributed by atoms with Gasteiger partial charge in [0.05, 0.1) is 18.2 Å². The average molecular weight is 490 g/mol. The highest BCUT2D eigenvalue weighted by Crippen LogP contribution is 2.32. The number of nitrogens with one attached hydrogen (secondary N) is 2. The lowest BCUT2D eigenvalue weighted by molar-refractivity contribution is -0.140. The molecule has 180 valence electrons. The van der Waals surface area contributed by atoms with Crippen LogP contribution in [-0.2, 0) is 14.3 Å². The molecule has 4 rings (SSSR count). The minimum Gasteiger partial charge on any atom is -0.460 e. The van der Waals surface area contributed by atoms with Crippen molar-refractivity contribution in [2.45, 2.75) is 13.0 Å². The van der Waals surface area contributed by atoms with Gasteiger partial charge < -0.3 is 25.0 Å². The topological polar surface area (TPSA) is 79.9 Å². The molecular weight excluding hydrogens is 462 g/mol. The summed E-state index contributed by atoms with van der Waals surface area (Å²) < 4.78 is 10.4. The normalized spacial score (nSPS) is 15.7. The summed E-state index contributed by atoms with van der Waals surface area (Å²) in [6.45, 7) is 2.29. The number of methoxy groups -OCH3 is 1. The van der Waals surface area contributed by atoms with Gasteiger partial charge in [-0.1, -0.05) is 42.5 Å². The first-order valence-electron chi connectivity index (χ1n) is 11.2. The molecule has 1 unspecified atom stereocenters. The summed E-state index contributed by atoms with van der Waals surface area (Å²) >= 11 is 5.47. The van der Waals surface area contributed by atoms with E-state index < -0.39 is 12.0 Å². The second kappa shape index (κ2) is 10.7. The maximum Gasteiger partial charge on any atom is 0.338 e.